The van der Waals surface area contributed by atoms with E-state index in [9.17, 15) is 5.26 Å². The highest BCUT2D eigenvalue weighted by atomic mass is 16.3. The number of nitrogens with one attached hydrogen (secondary N) is 1. The highest BCUT2D eigenvalue weighted by Gasteiger charge is 2.36. The largest absolute Gasteiger partial charge is 0.461 e. The molecule has 2 aliphatic rings. The summed E-state index contributed by atoms with van der Waals surface area (Å²) in [6.07, 6.45) is 8.01. The van der Waals surface area contributed by atoms with Crippen LogP contribution in [0.15, 0.2) is 35.2 Å². The molecular formula is C19H16N6O. The highest BCUT2D eigenvalue weighted by Crippen LogP contribution is 2.43. The van der Waals surface area contributed by atoms with Crippen LogP contribution in [-0.2, 0) is 6.42 Å². The van der Waals surface area contributed by atoms with Crippen molar-refractivity contribution in [1.82, 2.24) is 20.3 Å². The summed E-state index contributed by atoms with van der Waals surface area (Å²) in [5.74, 6) is 1.39. The zero-order chi connectivity index (χ0) is 17.7. The van der Waals surface area contributed by atoms with Crippen LogP contribution < -0.4 is 11.1 Å². The molecule has 0 unspecified atom stereocenters. The lowest BCUT2D eigenvalue weighted by Gasteiger charge is -2.27. The van der Waals surface area contributed by atoms with Gasteiger partial charge in [0.15, 0.2) is 11.6 Å². The maximum Gasteiger partial charge on any atom is 0.195 e. The van der Waals surface area contributed by atoms with Crippen LogP contribution >= 0.6 is 0 Å². The Morgan fingerprint density at radius 3 is 2.85 bits per heavy atom. The van der Waals surface area contributed by atoms with Gasteiger partial charge in [0.05, 0.1) is 6.26 Å². The number of furan rings is 1. The van der Waals surface area contributed by atoms with Crippen molar-refractivity contribution in [2.24, 2.45) is 0 Å². The van der Waals surface area contributed by atoms with E-state index >= 15 is 0 Å². The van der Waals surface area contributed by atoms with E-state index in [2.05, 4.69) is 26.3 Å². The van der Waals surface area contributed by atoms with Crippen LogP contribution in [-0.4, -0.2) is 21.0 Å². The third-order valence-corrected chi connectivity index (χ3v) is 5.16. The SMILES string of the molecule is N#Cc1c(N)nc2c(c1-c1cnc(-c3ccco3)nc1)[C@H]1CC[C@@H](C2)N1. The second-order valence-corrected chi connectivity index (χ2v) is 6.69. The molecule has 0 spiro atoms. The minimum atomic E-state index is 0.198. The van der Waals surface area contributed by atoms with Gasteiger partial charge in [0.2, 0.25) is 0 Å². The molecule has 2 atom stereocenters. The average molecular weight is 344 g/mol. The number of pyridine rings is 1. The fraction of sp³-hybridized carbons (Fsp3) is 0.263. The average Bonchev–Trinajstić information content (AvgIpc) is 3.31. The number of anilines is 1. The monoisotopic (exact) mass is 344 g/mol. The molecule has 0 aliphatic carbocycles. The molecule has 1 fully saturated rings. The van der Waals surface area contributed by atoms with E-state index in [1.807, 2.05) is 6.07 Å². The van der Waals surface area contributed by atoms with Crippen LogP contribution in [0.4, 0.5) is 5.82 Å². The molecule has 5 heterocycles. The highest BCUT2D eigenvalue weighted by molar-refractivity contribution is 5.79. The number of fused-ring (bicyclic) bond motifs is 4. The van der Waals surface area contributed by atoms with Gasteiger partial charge in [-0.3, -0.25) is 0 Å². The number of hydrogen-bond acceptors (Lipinski definition) is 7. The predicted octanol–water partition coefficient (Wildman–Crippen LogP) is 2.60. The number of rotatable bonds is 2. The first-order valence-electron chi connectivity index (χ1n) is 8.59. The number of nitrogens with zero attached hydrogens (tertiary/aromatic N) is 4. The lowest BCUT2D eigenvalue weighted by molar-refractivity contribution is 0.508. The van der Waals surface area contributed by atoms with Gasteiger partial charge < -0.3 is 15.5 Å². The van der Waals surface area contributed by atoms with Crippen molar-refractivity contribution in [3.05, 3.63) is 47.6 Å². The van der Waals surface area contributed by atoms with E-state index in [1.54, 1.807) is 24.7 Å². The lowest BCUT2D eigenvalue weighted by atomic mass is 9.89. The zero-order valence-corrected chi connectivity index (χ0v) is 13.9. The minimum Gasteiger partial charge on any atom is -0.461 e. The lowest BCUT2D eigenvalue weighted by Crippen LogP contribution is -2.33. The first-order chi connectivity index (χ1) is 12.7. The van der Waals surface area contributed by atoms with E-state index < -0.39 is 0 Å². The summed E-state index contributed by atoms with van der Waals surface area (Å²) in [4.78, 5) is 13.4. The summed E-state index contributed by atoms with van der Waals surface area (Å²) in [6, 6.07) is 6.47. The second kappa shape index (κ2) is 5.64. The Bertz CT molecular complexity index is 1020. The van der Waals surface area contributed by atoms with Gasteiger partial charge in [-0.25, -0.2) is 15.0 Å². The topological polar surface area (TPSA) is 114 Å². The van der Waals surface area contributed by atoms with E-state index in [-0.39, 0.29) is 11.9 Å². The zero-order valence-electron chi connectivity index (χ0n) is 13.9. The van der Waals surface area contributed by atoms with Crippen LogP contribution in [0.1, 0.15) is 35.7 Å². The number of nitrogen functional groups attached to an aromatic ring is 1. The molecule has 0 saturated carbocycles. The predicted molar refractivity (Wildman–Crippen MR) is 94.7 cm³/mol. The standard InChI is InChI=1S/C19H16N6O/c20-7-12-16(10-8-22-19(23-9-10)15-2-1-5-26-15)17-13-4-3-11(24-13)6-14(17)25-18(12)21/h1-2,5,8-9,11,13,24H,3-4,6H2,(H2,21,25)/t11-,13+/m0/s1. The maximum absolute atomic E-state index is 9.69. The number of aromatic nitrogens is 3. The van der Waals surface area contributed by atoms with Crippen molar-refractivity contribution in [3.8, 4) is 28.8 Å². The molecule has 0 radical (unpaired) electrons. The summed E-state index contributed by atoms with van der Waals surface area (Å²) in [7, 11) is 0. The van der Waals surface area contributed by atoms with Crippen molar-refractivity contribution >= 4 is 5.82 Å². The van der Waals surface area contributed by atoms with Crippen molar-refractivity contribution in [3.63, 3.8) is 0 Å². The molecule has 7 heteroatoms. The fourth-order valence-electron chi connectivity index (χ4n) is 4.04. The Morgan fingerprint density at radius 2 is 2.12 bits per heavy atom. The van der Waals surface area contributed by atoms with Crippen molar-refractivity contribution < 1.29 is 4.42 Å². The molecule has 128 valence electrons. The molecule has 0 aromatic carbocycles. The first kappa shape index (κ1) is 15.0. The summed E-state index contributed by atoms with van der Waals surface area (Å²) in [6.45, 7) is 0. The molecule has 7 nitrogen and oxygen atoms in total. The van der Waals surface area contributed by atoms with Crippen LogP contribution in [0, 0.1) is 11.3 Å². The Kier molecular flexibility index (Phi) is 3.27. The maximum atomic E-state index is 9.69. The Morgan fingerprint density at radius 1 is 1.27 bits per heavy atom. The number of nitrogens with two attached hydrogens (primary N) is 1. The third kappa shape index (κ3) is 2.20. The van der Waals surface area contributed by atoms with E-state index in [0.29, 0.717) is 23.2 Å². The van der Waals surface area contributed by atoms with Crippen molar-refractivity contribution in [2.45, 2.75) is 31.3 Å². The smallest absolute Gasteiger partial charge is 0.195 e. The van der Waals surface area contributed by atoms with Crippen LogP contribution in [0.25, 0.3) is 22.7 Å². The summed E-state index contributed by atoms with van der Waals surface area (Å²) >= 11 is 0. The Labute approximate surface area is 149 Å². The molecule has 3 aromatic heterocycles. The van der Waals surface area contributed by atoms with Crippen LogP contribution in [0.2, 0.25) is 0 Å². The molecular weight excluding hydrogens is 328 g/mol. The summed E-state index contributed by atoms with van der Waals surface area (Å²) in [5.41, 5.74) is 10.1. The molecule has 2 aliphatic heterocycles. The van der Waals surface area contributed by atoms with Gasteiger partial charge in [-0.05, 0) is 25.0 Å². The van der Waals surface area contributed by atoms with Gasteiger partial charge in [0, 0.05) is 53.3 Å². The van der Waals surface area contributed by atoms with E-state index in [1.165, 1.54) is 0 Å². The van der Waals surface area contributed by atoms with Crippen molar-refractivity contribution in [2.75, 3.05) is 5.73 Å². The van der Waals surface area contributed by atoms with Gasteiger partial charge in [-0.1, -0.05) is 0 Å². The first-order valence-corrected chi connectivity index (χ1v) is 8.59. The Hall–Kier alpha value is -3.24. The Balaban J connectivity index is 1.69. The van der Waals surface area contributed by atoms with Gasteiger partial charge in [-0.15, -0.1) is 0 Å². The molecule has 26 heavy (non-hydrogen) atoms. The molecule has 0 amide bonds. The normalized spacial score (nSPS) is 20.6. The summed E-state index contributed by atoms with van der Waals surface area (Å²) < 4.78 is 5.34. The fourth-order valence-corrected chi connectivity index (χ4v) is 4.04. The third-order valence-electron chi connectivity index (χ3n) is 5.16. The quantitative estimate of drug-likeness (QED) is 0.734. The second-order valence-electron chi connectivity index (χ2n) is 6.69. The molecule has 3 N–H and O–H groups in total. The van der Waals surface area contributed by atoms with Gasteiger partial charge in [-0.2, -0.15) is 5.26 Å². The van der Waals surface area contributed by atoms with Crippen LogP contribution in [0.5, 0.6) is 0 Å². The van der Waals surface area contributed by atoms with Crippen molar-refractivity contribution in [1.29, 1.82) is 5.26 Å². The minimum absolute atomic E-state index is 0.198. The molecule has 2 bridgehead atoms. The molecule has 1 saturated heterocycles. The molecule has 3 aromatic rings. The van der Waals surface area contributed by atoms with Gasteiger partial charge in [0.1, 0.15) is 17.5 Å². The molecule has 5 rings (SSSR count). The summed E-state index contributed by atoms with van der Waals surface area (Å²) in [5, 5.41) is 13.3. The van der Waals surface area contributed by atoms with Crippen LogP contribution in [0.3, 0.4) is 0 Å². The van der Waals surface area contributed by atoms with Gasteiger partial charge >= 0.3 is 0 Å². The number of nitriles is 1. The van der Waals surface area contributed by atoms with Gasteiger partial charge in [0.25, 0.3) is 0 Å². The van der Waals surface area contributed by atoms with E-state index in [4.69, 9.17) is 10.2 Å². The number of hydrogen-bond donors (Lipinski definition) is 2. The van der Waals surface area contributed by atoms with E-state index in [0.717, 1.165) is 41.6 Å².